The highest BCUT2D eigenvalue weighted by atomic mass is 15.0. The summed E-state index contributed by atoms with van der Waals surface area (Å²) in [4.78, 5) is 4.08. The Morgan fingerprint density at radius 1 is 1.39 bits per heavy atom. The van der Waals surface area contributed by atoms with E-state index in [1.165, 1.54) is 18.5 Å². The molecule has 0 saturated heterocycles. The van der Waals surface area contributed by atoms with E-state index in [1.54, 1.807) is 6.20 Å². The van der Waals surface area contributed by atoms with Gasteiger partial charge in [0.15, 0.2) is 0 Å². The smallest absolute Gasteiger partial charge is 0.0991 e. The van der Waals surface area contributed by atoms with Gasteiger partial charge in [-0.15, -0.1) is 0 Å². The van der Waals surface area contributed by atoms with Crippen LogP contribution in [0.4, 0.5) is 5.69 Å². The molecule has 0 spiro atoms. The molecule has 1 N–H and O–H groups in total. The van der Waals surface area contributed by atoms with Crippen LogP contribution in [-0.2, 0) is 0 Å². The molecule has 1 aliphatic rings. The molecule has 1 aliphatic carbocycles. The Hall–Kier alpha value is -1.77. The molecule has 1 fully saturated rings. The topological polar surface area (TPSA) is 29.9 Å². The molecule has 1 heterocycles. The van der Waals surface area contributed by atoms with Gasteiger partial charge in [-0.05, 0) is 43.4 Å². The molecule has 3 rings (SSSR count). The number of anilines is 1. The predicted molar refractivity (Wildman–Crippen MR) is 74.0 cm³/mol. The van der Waals surface area contributed by atoms with Crippen molar-refractivity contribution in [2.75, 3.05) is 5.32 Å². The third-order valence-corrected chi connectivity index (χ3v) is 4.12. The van der Waals surface area contributed by atoms with Crippen molar-refractivity contribution in [3.63, 3.8) is 0 Å². The van der Waals surface area contributed by atoms with Crippen LogP contribution in [-0.4, -0.2) is 15.6 Å². The van der Waals surface area contributed by atoms with Crippen LogP contribution in [0.25, 0.3) is 5.69 Å². The molecule has 94 valence electrons. The summed E-state index contributed by atoms with van der Waals surface area (Å²) in [6, 6.07) is 9.00. The van der Waals surface area contributed by atoms with Crippen molar-refractivity contribution < 1.29 is 0 Å². The summed E-state index contributed by atoms with van der Waals surface area (Å²) in [6.07, 6.45) is 8.26. The minimum Gasteiger partial charge on any atom is -0.382 e. The number of hydrogen-bond donors (Lipinski definition) is 1. The van der Waals surface area contributed by atoms with E-state index in [2.05, 4.69) is 48.4 Å². The Morgan fingerprint density at radius 2 is 2.22 bits per heavy atom. The van der Waals surface area contributed by atoms with Gasteiger partial charge in [0.25, 0.3) is 0 Å². The number of benzene rings is 1. The van der Waals surface area contributed by atoms with Crippen LogP contribution in [0.1, 0.15) is 26.7 Å². The summed E-state index contributed by atoms with van der Waals surface area (Å²) in [5.74, 6) is 0. The first-order valence-electron chi connectivity index (χ1n) is 6.52. The monoisotopic (exact) mass is 241 g/mol. The fourth-order valence-corrected chi connectivity index (χ4v) is 2.22. The highest BCUT2D eigenvalue weighted by Crippen LogP contribution is 2.48. The van der Waals surface area contributed by atoms with Crippen molar-refractivity contribution in [3.05, 3.63) is 43.0 Å². The van der Waals surface area contributed by atoms with Gasteiger partial charge in [-0.3, -0.25) is 0 Å². The zero-order chi connectivity index (χ0) is 12.6. The van der Waals surface area contributed by atoms with Crippen molar-refractivity contribution in [2.24, 2.45) is 5.41 Å². The van der Waals surface area contributed by atoms with Gasteiger partial charge in [-0.2, -0.15) is 0 Å². The number of hydrogen-bond acceptors (Lipinski definition) is 2. The van der Waals surface area contributed by atoms with E-state index in [4.69, 9.17) is 0 Å². The molecule has 1 aromatic heterocycles. The Labute approximate surface area is 108 Å². The van der Waals surface area contributed by atoms with E-state index >= 15 is 0 Å². The molecular formula is C15H19N3. The van der Waals surface area contributed by atoms with Gasteiger partial charge in [0.05, 0.1) is 6.33 Å². The normalized spacial score (nSPS) is 18.3. The molecule has 3 nitrogen and oxygen atoms in total. The zero-order valence-corrected chi connectivity index (χ0v) is 10.9. The predicted octanol–water partition coefficient (Wildman–Crippen LogP) is 3.47. The summed E-state index contributed by atoms with van der Waals surface area (Å²) < 4.78 is 2.02. The maximum Gasteiger partial charge on any atom is 0.0991 e. The van der Waals surface area contributed by atoms with E-state index < -0.39 is 0 Å². The van der Waals surface area contributed by atoms with E-state index in [0.29, 0.717) is 11.5 Å². The number of nitrogens with zero attached hydrogens (tertiary/aromatic N) is 2. The molecular weight excluding hydrogens is 222 g/mol. The average molecular weight is 241 g/mol. The third-order valence-electron chi connectivity index (χ3n) is 4.12. The minimum atomic E-state index is 0.491. The van der Waals surface area contributed by atoms with Crippen molar-refractivity contribution in [2.45, 2.75) is 32.7 Å². The van der Waals surface area contributed by atoms with E-state index in [-0.39, 0.29) is 0 Å². The van der Waals surface area contributed by atoms with Crippen LogP contribution in [0.2, 0.25) is 0 Å². The lowest BCUT2D eigenvalue weighted by molar-refractivity contribution is 0.493. The van der Waals surface area contributed by atoms with Crippen LogP contribution < -0.4 is 5.32 Å². The second-order valence-corrected chi connectivity index (χ2v) is 5.54. The van der Waals surface area contributed by atoms with Gasteiger partial charge in [-0.1, -0.05) is 13.0 Å². The summed E-state index contributed by atoms with van der Waals surface area (Å²) in [5, 5.41) is 3.61. The molecule has 1 atom stereocenters. The second kappa shape index (κ2) is 4.16. The first-order valence-corrected chi connectivity index (χ1v) is 6.52. The lowest BCUT2D eigenvalue weighted by Crippen LogP contribution is -2.24. The molecule has 1 saturated carbocycles. The Kier molecular flexibility index (Phi) is 2.62. The number of imidazole rings is 1. The molecule has 2 aromatic rings. The number of aromatic nitrogens is 2. The Balaban J connectivity index is 1.79. The van der Waals surface area contributed by atoms with E-state index in [0.717, 1.165) is 5.69 Å². The molecule has 3 heteroatoms. The minimum absolute atomic E-state index is 0.491. The second-order valence-electron chi connectivity index (χ2n) is 5.54. The third kappa shape index (κ3) is 2.13. The fraction of sp³-hybridized carbons (Fsp3) is 0.400. The molecule has 0 amide bonds. The van der Waals surface area contributed by atoms with Crippen LogP contribution in [0.15, 0.2) is 43.0 Å². The Bertz CT molecular complexity index is 526. The summed E-state index contributed by atoms with van der Waals surface area (Å²) in [5.41, 5.74) is 2.82. The van der Waals surface area contributed by atoms with Crippen molar-refractivity contribution in [3.8, 4) is 5.69 Å². The lowest BCUT2D eigenvalue weighted by atomic mass is 10.0. The number of nitrogens with one attached hydrogen (secondary N) is 1. The lowest BCUT2D eigenvalue weighted by Gasteiger charge is -2.22. The molecule has 0 bridgehead atoms. The van der Waals surface area contributed by atoms with Crippen molar-refractivity contribution >= 4 is 5.69 Å². The van der Waals surface area contributed by atoms with Crippen molar-refractivity contribution in [1.82, 2.24) is 9.55 Å². The van der Waals surface area contributed by atoms with Crippen molar-refractivity contribution in [1.29, 1.82) is 0 Å². The largest absolute Gasteiger partial charge is 0.382 e. The summed E-state index contributed by atoms with van der Waals surface area (Å²) in [6.45, 7) is 4.63. The van der Waals surface area contributed by atoms with Gasteiger partial charge in [0, 0.05) is 29.8 Å². The van der Waals surface area contributed by atoms with Crippen LogP contribution >= 0.6 is 0 Å². The summed E-state index contributed by atoms with van der Waals surface area (Å²) >= 11 is 0. The molecule has 1 unspecified atom stereocenters. The molecule has 18 heavy (non-hydrogen) atoms. The highest BCUT2D eigenvalue weighted by molar-refractivity contribution is 5.52. The number of rotatable bonds is 4. The van der Waals surface area contributed by atoms with Gasteiger partial charge in [0.1, 0.15) is 0 Å². The quantitative estimate of drug-likeness (QED) is 0.888. The van der Waals surface area contributed by atoms with Crippen LogP contribution in [0, 0.1) is 5.41 Å². The first kappa shape index (κ1) is 11.3. The first-order chi connectivity index (χ1) is 8.67. The Morgan fingerprint density at radius 3 is 2.89 bits per heavy atom. The van der Waals surface area contributed by atoms with E-state index in [1.807, 2.05) is 17.1 Å². The van der Waals surface area contributed by atoms with Gasteiger partial charge >= 0.3 is 0 Å². The van der Waals surface area contributed by atoms with Gasteiger partial charge in [-0.25, -0.2) is 4.98 Å². The highest BCUT2D eigenvalue weighted by Gasteiger charge is 2.42. The van der Waals surface area contributed by atoms with Crippen LogP contribution in [0.3, 0.4) is 0 Å². The van der Waals surface area contributed by atoms with Crippen LogP contribution in [0.5, 0.6) is 0 Å². The van der Waals surface area contributed by atoms with Gasteiger partial charge in [0.2, 0.25) is 0 Å². The maximum absolute atomic E-state index is 4.08. The average Bonchev–Trinajstić information content (AvgIpc) is 2.93. The molecule has 0 radical (unpaired) electrons. The standard InChI is InChI=1S/C15H19N3/c1-12(15(2)6-7-15)17-13-4-3-5-14(10-13)18-9-8-16-11-18/h3-5,8-12,17H,6-7H2,1-2H3. The van der Waals surface area contributed by atoms with E-state index in [9.17, 15) is 0 Å². The zero-order valence-electron chi connectivity index (χ0n) is 10.9. The maximum atomic E-state index is 4.08. The summed E-state index contributed by atoms with van der Waals surface area (Å²) in [7, 11) is 0. The SMILES string of the molecule is CC(Nc1cccc(-n2ccnc2)c1)C1(C)CC1. The fourth-order valence-electron chi connectivity index (χ4n) is 2.22. The molecule has 0 aliphatic heterocycles. The molecule has 1 aromatic carbocycles. The van der Waals surface area contributed by atoms with Gasteiger partial charge < -0.3 is 9.88 Å².